The van der Waals surface area contributed by atoms with E-state index in [2.05, 4.69) is 10.6 Å². The fraction of sp³-hybridized carbons (Fsp3) is 0.316. The Morgan fingerprint density at radius 2 is 1.75 bits per heavy atom. The third kappa shape index (κ3) is 5.81. The van der Waals surface area contributed by atoms with Crippen LogP contribution in [0, 0.1) is 0 Å². The molecule has 0 aliphatic carbocycles. The summed E-state index contributed by atoms with van der Waals surface area (Å²) in [6, 6.07) is 17.7. The van der Waals surface area contributed by atoms with E-state index in [-0.39, 0.29) is 11.9 Å². The van der Waals surface area contributed by atoms with Gasteiger partial charge in [0, 0.05) is 23.2 Å². The monoisotopic (exact) mass is 344 g/mol. The maximum absolute atomic E-state index is 12.2. The normalized spacial score (nSPS) is 13.0. The van der Waals surface area contributed by atoms with Gasteiger partial charge in [0.2, 0.25) is 0 Å². The summed E-state index contributed by atoms with van der Waals surface area (Å²) in [5.41, 5.74) is 1.04. The summed E-state index contributed by atoms with van der Waals surface area (Å²) in [5, 5.41) is 6.26. The lowest BCUT2D eigenvalue weighted by atomic mass is 10.2. The Kier molecular flexibility index (Phi) is 7.00. The number of carbonyl (C=O) groups is 1. The first-order chi connectivity index (χ1) is 11.6. The van der Waals surface area contributed by atoms with E-state index in [1.165, 1.54) is 4.90 Å². The number of rotatable bonds is 8. The molecule has 5 heteroatoms. The summed E-state index contributed by atoms with van der Waals surface area (Å²) in [4.78, 5) is 13.4. The van der Waals surface area contributed by atoms with Gasteiger partial charge in [-0.3, -0.25) is 4.79 Å². The fourth-order valence-electron chi connectivity index (χ4n) is 2.15. The second-order valence-electron chi connectivity index (χ2n) is 5.59. The lowest BCUT2D eigenvalue weighted by Gasteiger charge is -2.19. The molecule has 1 amide bonds. The maximum atomic E-state index is 12.2. The molecule has 0 fully saturated rings. The van der Waals surface area contributed by atoms with Crippen LogP contribution in [0.15, 0.2) is 59.5 Å². The zero-order valence-electron chi connectivity index (χ0n) is 14.3. The second kappa shape index (κ2) is 9.23. The Morgan fingerprint density at radius 3 is 2.38 bits per heavy atom. The molecule has 24 heavy (non-hydrogen) atoms. The molecule has 0 bridgehead atoms. The van der Waals surface area contributed by atoms with Gasteiger partial charge in [0.1, 0.15) is 5.75 Å². The van der Waals surface area contributed by atoms with Crippen LogP contribution < -0.4 is 15.4 Å². The number of nitrogens with one attached hydrogen (secondary N) is 2. The van der Waals surface area contributed by atoms with Gasteiger partial charge in [0.05, 0.1) is 0 Å². The average Bonchev–Trinajstić information content (AvgIpc) is 2.61. The molecular formula is C19H24N2O2S. The van der Waals surface area contributed by atoms with E-state index >= 15 is 0 Å². The molecule has 0 saturated heterocycles. The molecule has 2 rings (SSSR count). The highest BCUT2D eigenvalue weighted by Gasteiger charge is 2.16. The molecule has 128 valence electrons. The number of hydrogen-bond donors (Lipinski definition) is 2. The van der Waals surface area contributed by atoms with Crippen molar-refractivity contribution in [1.29, 1.82) is 0 Å². The fourth-order valence-corrected chi connectivity index (χ4v) is 2.56. The van der Waals surface area contributed by atoms with E-state index in [1.54, 1.807) is 18.7 Å². The van der Waals surface area contributed by atoms with Crippen molar-refractivity contribution in [1.82, 2.24) is 5.32 Å². The van der Waals surface area contributed by atoms with E-state index in [1.807, 2.05) is 67.8 Å². The van der Waals surface area contributed by atoms with E-state index in [4.69, 9.17) is 4.74 Å². The van der Waals surface area contributed by atoms with Crippen LogP contribution in [0.2, 0.25) is 0 Å². The summed E-state index contributed by atoms with van der Waals surface area (Å²) >= 11 is 1.67. The number of benzene rings is 2. The molecule has 2 aromatic carbocycles. The summed E-state index contributed by atoms with van der Waals surface area (Å²) < 4.78 is 5.70. The summed E-state index contributed by atoms with van der Waals surface area (Å²) in [5.74, 6) is 0.580. The molecule has 0 radical (unpaired) electrons. The molecule has 0 aliphatic heterocycles. The van der Waals surface area contributed by atoms with Crippen molar-refractivity contribution in [3.05, 3.63) is 54.6 Å². The predicted octanol–water partition coefficient (Wildman–Crippen LogP) is 3.79. The van der Waals surface area contributed by atoms with Gasteiger partial charge in [-0.2, -0.15) is 0 Å². The highest BCUT2D eigenvalue weighted by atomic mass is 32.2. The quantitative estimate of drug-likeness (QED) is 0.715. The molecule has 2 atom stereocenters. The lowest BCUT2D eigenvalue weighted by Crippen LogP contribution is -2.43. The summed E-state index contributed by atoms with van der Waals surface area (Å²) in [6.07, 6.45) is 1.49. The molecule has 0 aromatic heterocycles. The maximum Gasteiger partial charge on any atom is 0.261 e. The second-order valence-corrected chi connectivity index (χ2v) is 6.47. The van der Waals surface area contributed by atoms with Crippen LogP contribution in [-0.4, -0.2) is 30.9 Å². The Hall–Kier alpha value is -2.14. The van der Waals surface area contributed by atoms with Crippen molar-refractivity contribution in [2.75, 3.05) is 18.1 Å². The molecule has 0 unspecified atom stereocenters. The van der Waals surface area contributed by atoms with Crippen molar-refractivity contribution in [2.45, 2.75) is 30.9 Å². The number of ether oxygens (including phenoxy) is 1. The highest BCUT2D eigenvalue weighted by Crippen LogP contribution is 2.19. The van der Waals surface area contributed by atoms with Crippen LogP contribution in [0.1, 0.15) is 13.8 Å². The van der Waals surface area contributed by atoms with E-state index in [9.17, 15) is 4.79 Å². The van der Waals surface area contributed by atoms with Crippen LogP contribution >= 0.6 is 11.8 Å². The topological polar surface area (TPSA) is 50.4 Å². The summed E-state index contributed by atoms with van der Waals surface area (Å²) in [6.45, 7) is 4.38. The number of thioether (sulfide) groups is 1. The van der Waals surface area contributed by atoms with Crippen LogP contribution in [-0.2, 0) is 4.79 Å². The Labute approximate surface area is 148 Å². The lowest BCUT2D eigenvalue weighted by molar-refractivity contribution is -0.127. The van der Waals surface area contributed by atoms with Gasteiger partial charge in [0.25, 0.3) is 5.91 Å². The standard InChI is InChI=1S/C19H24N2O2S/c1-14(13-20-16-7-5-4-6-8-16)21-19(22)15(2)23-17-9-11-18(24-3)12-10-17/h4-12,14-15,20H,13H2,1-3H3,(H,21,22)/t14-,15-/m1/s1. The van der Waals surface area contributed by atoms with Gasteiger partial charge in [-0.1, -0.05) is 18.2 Å². The van der Waals surface area contributed by atoms with Crippen LogP contribution in [0.3, 0.4) is 0 Å². The summed E-state index contributed by atoms with van der Waals surface area (Å²) in [7, 11) is 0. The Morgan fingerprint density at radius 1 is 1.08 bits per heavy atom. The molecule has 2 aromatic rings. The van der Waals surface area contributed by atoms with Gasteiger partial charge in [-0.25, -0.2) is 0 Å². The largest absolute Gasteiger partial charge is 0.481 e. The molecule has 0 spiro atoms. The molecule has 0 aliphatic rings. The van der Waals surface area contributed by atoms with Crippen molar-refractivity contribution in [3.8, 4) is 5.75 Å². The third-order valence-electron chi connectivity index (χ3n) is 3.52. The van der Waals surface area contributed by atoms with E-state index in [0.717, 1.165) is 5.69 Å². The SMILES string of the molecule is CSc1ccc(O[C@H](C)C(=O)N[C@H](C)CNc2ccccc2)cc1. The Bertz CT molecular complexity index is 632. The molecular weight excluding hydrogens is 320 g/mol. The smallest absolute Gasteiger partial charge is 0.261 e. The van der Waals surface area contributed by atoms with Gasteiger partial charge in [-0.05, 0) is 56.5 Å². The molecule has 4 nitrogen and oxygen atoms in total. The molecule has 0 heterocycles. The van der Waals surface area contributed by atoms with Gasteiger partial charge in [-0.15, -0.1) is 11.8 Å². The van der Waals surface area contributed by atoms with Crippen molar-refractivity contribution in [3.63, 3.8) is 0 Å². The third-order valence-corrected chi connectivity index (χ3v) is 4.26. The van der Waals surface area contributed by atoms with Crippen molar-refractivity contribution < 1.29 is 9.53 Å². The van der Waals surface area contributed by atoms with E-state index < -0.39 is 6.10 Å². The van der Waals surface area contributed by atoms with Gasteiger partial charge < -0.3 is 15.4 Å². The van der Waals surface area contributed by atoms with Crippen molar-refractivity contribution >= 4 is 23.4 Å². The molecule has 0 saturated carbocycles. The van der Waals surface area contributed by atoms with Crippen LogP contribution in [0.5, 0.6) is 5.75 Å². The average molecular weight is 344 g/mol. The van der Waals surface area contributed by atoms with Gasteiger partial charge >= 0.3 is 0 Å². The minimum absolute atomic E-state index is 0.00243. The minimum atomic E-state index is -0.538. The first-order valence-corrected chi connectivity index (χ1v) is 9.21. The van der Waals surface area contributed by atoms with Crippen LogP contribution in [0.25, 0.3) is 0 Å². The highest BCUT2D eigenvalue weighted by molar-refractivity contribution is 7.98. The molecule has 2 N–H and O–H groups in total. The van der Waals surface area contributed by atoms with Crippen LogP contribution in [0.4, 0.5) is 5.69 Å². The number of carbonyl (C=O) groups excluding carboxylic acids is 1. The number of hydrogen-bond acceptors (Lipinski definition) is 4. The predicted molar refractivity (Wildman–Crippen MR) is 101 cm³/mol. The van der Waals surface area contributed by atoms with Gasteiger partial charge in [0.15, 0.2) is 6.10 Å². The first-order valence-electron chi connectivity index (χ1n) is 7.98. The van der Waals surface area contributed by atoms with E-state index in [0.29, 0.717) is 12.3 Å². The zero-order valence-corrected chi connectivity index (χ0v) is 15.1. The zero-order chi connectivity index (χ0) is 17.4. The Balaban J connectivity index is 1.77. The minimum Gasteiger partial charge on any atom is -0.481 e. The number of anilines is 1. The van der Waals surface area contributed by atoms with Crippen molar-refractivity contribution in [2.24, 2.45) is 0 Å². The first kappa shape index (κ1) is 18.2. The number of amides is 1. The number of para-hydroxylation sites is 1.